The van der Waals surface area contributed by atoms with Gasteiger partial charge in [-0.15, -0.1) is 0 Å². The minimum Gasteiger partial charge on any atom is -0.423 e. The zero-order chi connectivity index (χ0) is 10.9. The van der Waals surface area contributed by atoms with E-state index in [-0.39, 0.29) is 5.63 Å². The Morgan fingerprint density at radius 2 is 2.20 bits per heavy atom. The van der Waals surface area contributed by atoms with Gasteiger partial charge in [0.05, 0.1) is 0 Å². The van der Waals surface area contributed by atoms with Crippen LogP contribution < -0.4 is 16.3 Å². The Hall–Kier alpha value is -1.61. The number of hydrogen-bond donors (Lipinski definition) is 0. The molecule has 3 heteroatoms. The molecule has 1 aromatic rings. The van der Waals surface area contributed by atoms with Crippen LogP contribution in [0.15, 0.2) is 33.5 Å². The molecule has 1 aliphatic rings. The lowest BCUT2D eigenvalue weighted by Gasteiger charge is -2.18. The number of allylic oxidation sites excluding steroid dienone is 1. The lowest BCUT2D eigenvalue weighted by molar-refractivity contribution is 0.103. The molecule has 1 atom stereocenters. The molecule has 2 rings (SSSR count). The number of fused-ring (bicyclic) bond motifs is 1. The van der Waals surface area contributed by atoms with E-state index in [1.54, 1.807) is 19.3 Å². The first-order valence-corrected chi connectivity index (χ1v) is 4.71. The summed E-state index contributed by atoms with van der Waals surface area (Å²) in [6.45, 7) is 1.90. The predicted octanol–water partition coefficient (Wildman–Crippen LogP) is 0.176. The van der Waals surface area contributed by atoms with Crippen molar-refractivity contribution < 1.29 is 9.15 Å². The maximum atomic E-state index is 11.1. The molecule has 3 nitrogen and oxygen atoms in total. The van der Waals surface area contributed by atoms with Crippen molar-refractivity contribution in [1.29, 1.82) is 0 Å². The van der Waals surface area contributed by atoms with Crippen molar-refractivity contribution in [2.45, 2.75) is 12.5 Å². The molecule has 0 radical (unpaired) electrons. The monoisotopic (exact) mass is 204 g/mol. The van der Waals surface area contributed by atoms with Crippen LogP contribution in [0.1, 0.15) is 6.92 Å². The van der Waals surface area contributed by atoms with Crippen molar-refractivity contribution in [2.24, 2.45) is 0 Å². The Morgan fingerprint density at radius 1 is 1.40 bits per heavy atom. The van der Waals surface area contributed by atoms with Crippen LogP contribution in [0.2, 0.25) is 0 Å². The fourth-order valence-electron chi connectivity index (χ4n) is 1.47. The third kappa shape index (κ3) is 1.92. The molecule has 0 amide bonds. The van der Waals surface area contributed by atoms with E-state index in [9.17, 15) is 4.79 Å². The molecule has 0 aliphatic heterocycles. The van der Waals surface area contributed by atoms with Crippen molar-refractivity contribution in [2.75, 3.05) is 7.11 Å². The minimum atomic E-state index is -0.529. The average molecular weight is 204 g/mol. The van der Waals surface area contributed by atoms with Gasteiger partial charge in [-0.25, -0.2) is 4.79 Å². The molecular formula is C12H12O3. The van der Waals surface area contributed by atoms with Gasteiger partial charge in [0.15, 0.2) is 0 Å². The van der Waals surface area contributed by atoms with Crippen molar-refractivity contribution in [1.82, 2.24) is 0 Å². The SMILES string of the molecule is COC1(C)C=CC=c2ccc(=O)oc2=C1. The summed E-state index contributed by atoms with van der Waals surface area (Å²) in [5.41, 5.74) is -0.324. The van der Waals surface area contributed by atoms with E-state index < -0.39 is 5.60 Å². The Labute approximate surface area is 87.0 Å². The van der Waals surface area contributed by atoms with E-state index in [1.807, 2.05) is 25.2 Å². The molecule has 1 aliphatic carbocycles. The summed E-state index contributed by atoms with van der Waals surface area (Å²) in [5.74, 6) is 0. The second-order valence-corrected chi connectivity index (χ2v) is 3.63. The molecule has 15 heavy (non-hydrogen) atoms. The Morgan fingerprint density at radius 3 is 2.93 bits per heavy atom. The van der Waals surface area contributed by atoms with Crippen LogP contribution >= 0.6 is 0 Å². The summed E-state index contributed by atoms with van der Waals surface area (Å²) in [5, 5.41) is 0.881. The Balaban J connectivity index is 2.77. The molecule has 78 valence electrons. The first kappa shape index (κ1) is 9.93. The van der Waals surface area contributed by atoms with E-state index in [4.69, 9.17) is 9.15 Å². The lowest BCUT2D eigenvalue weighted by atomic mass is 10.1. The zero-order valence-electron chi connectivity index (χ0n) is 8.69. The van der Waals surface area contributed by atoms with E-state index in [0.29, 0.717) is 5.42 Å². The number of ether oxygens (including phenoxy) is 1. The van der Waals surface area contributed by atoms with Crippen molar-refractivity contribution in [3.05, 3.63) is 45.3 Å². The molecule has 0 spiro atoms. The second-order valence-electron chi connectivity index (χ2n) is 3.63. The molecule has 0 saturated heterocycles. The maximum absolute atomic E-state index is 11.1. The summed E-state index contributed by atoms with van der Waals surface area (Å²) >= 11 is 0. The summed E-state index contributed by atoms with van der Waals surface area (Å²) in [7, 11) is 1.62. The van der Waals surface area contributed by atoms with Gasteiger partial charge >= 0.3 is 5.63 Å². The number of rotatable bonds is 1. The van der Waals surface area contributed by atoms with Gasteiger partial charge in [0, 0.05) is 18.4 Å². The normalized spacial score (nSPS) is 23.6. The first-order valence-electron chi connectivity index (χ1n) is 4.71. The van der Waals surface area contributed by atoms with Crippen molar-refractivity contribution in [3.63, 3.8) is 0 Å². The first-order chi connectivity index (χ1) is 7.13. The Kier molecular flexibility index (Phi) is 2.32. The third-order valence-electron chi connectivity index (χ3n) is 2.45. The number of hydrogen-bond acceptors (Lipinski definition) is 3. The molecule has 1 aromatic heterocycles. The predicted molar refractivity (Wildman–Crippen MR) is 57.7 cm³/mol. The van der Waals surface area contributed by atoms with Gasteiger partial charge in [-0.1, -0.05) is 12.2 Å². The molecule has 0 aromatic carbocycles. The van der Waals surface area contributed by atoms with Crippen molar-refractivity contribution >= 4 is 12.2 Å². The third-order valence-corrected chi connectivity index (χ3v) is 2.45. The molecule has 0 fully saturated rings. The molecular weight excluding hydrogens is 192 g/mol. The highest BCUT2D eigenvalue weighted by molar-refractivity contribution is 5.48. The fourth-order valence-corrected chi connectivity index (χ4v) is 1.47. The highest BCUT2D eigenvalue weighted by Crippen LogP contribution is 2.13. The van der Waals surface area contributed by atoms with Crippen LogP contribution in [0.3, 0.4) is 0 Å². The van der Waals surface area contributed by atoms with E-state index in [1.165, 1.54) is 6.07 Å². The van der Waals surface area contributed by atoms with Gasteiger partial charge in [-0.05, 0) is 25.1 Å². The Bertz CT molecular complexity index is 565. The van der Waals surface area contributed by atoms with Crippen molar-refractivity contribution in [3.8, 4) is 0 Å². The zero-order valence-corrected chi connectivity index (χ0v) is 8.69. The maximum Gasteiger partial charge on any atom is 0.336 e. The van der Waals surface area contributed by atoms with Crippen LogP contribution in [0.25, 0.3) is 12.2 Å². The quantitative estimate of drug-likeness (QED) is 0.655. The highest BCUT2D eigenvalue weighted by Gasteiger charge is 2.17. The molecule has 0 bridgehead atoms. The van der Waals surface area contributed by atoms with Gasteiger partial charge < -0.3 is 9.15 Å². The second kappa shape index (κ2) is 3.51. The topological polar surface area (TPSA) is 39.4 Å². The van der Waals surface area contributed by atoms with Gasteiger partial charge in [0.1, 0.15) is 11.0 Å². The highest BCUT2D eigenvalue weighted by atomic mass is 16.5. The van der Waals surface area contributed by atoms with Crippen LogP contribution in [-0.2, 0) is 4.74 Å². The molecule has 0 saturated carbocycles. The van der Waals surface area contributed by atoms with Gasteiger partial charge in [-0.2, -0.15) is 0 Å². The largest absolute Gasteiger partial charge is 0.423 e. The van der Waals surface area contributed by atoms with Crippen LogP contribution in [0, 0.1) is 0 Å². The summed E-state index contributed by atoms with van der Waals surface area (Å²) < 4.78 is 10.4. The molecule has 1 heterocycles. The van der Waals surface area contributed by atoms with E-state index in [0.717, 1.165) is 5.22 Å². The smallest absolute Gasteiger partial charge is 0.336 e. The van der Waals surface area contributed by atoms with Crippen LogP contribution in [0.5, 0.6) is 0 Å². The summed E-state index contributed by atoms with van der Waals surface area (Å²) in [6.07, 6.45) is 7.49. The number of methoxy groups -OCH3 is 1. The van der Waals surface area contributed by atoms with E-state index in [2.05, 4.69) is 0 Å². The summed E-state index contributed by atoms with van der Waals surface area (Å²) in [4.78, 5) is 11.1. The summed E-state index contributed by atoms with van der Waals surface area (Å²) in [6, 6.07) is 3.15. The lowest BCUT2D eigenvalue weighted by Crippen LogP contribution is -2.32. The van der Waals surface area contributed by atoms with Gasteiger partial charge in [0.2, 0.25) is 0 Å². The average Bonchev–Trinajstić information content (AvgIpc) is 2.36. The molecule has 0 N–H and O–H groups in total. The molecule has 1 unspecified atom stereocenters. The van der Waals surface area contributed by atoms with Gasteiger partial charge in [-0.3, -0.25) is 0 Å². The van der Waals surface area contributed by atoms with Crippen LogP contribution in [0.4, 0.5) is 0 Å². The standard InChI is InChI=1S/C12H12O3/c1-12(14-2)7-3-4-9-5-6-11(13)15-10(9)8-12/h3-8H,1-2H3. The van der Waals surface area contributed by atoms with Gasteiger partial charge in [0.25, 0.3) is 0 Å². The van der Waals surface area contributed by atoms with E-state index >= 15 is 0 Å². The van der Waals surface area contributed by atoms with Crippen LogP contribution in [-0.4, -0.2) is 12.7 Å². The fraction of sp³-hybridized carbons (Fsp3) is 0.250. The minimum absolute atomic E-state index is 0.348.